The van der Waals surface area contributed by atoms with E-state index in [1.54, 1.807) is 0 Å². The first-order valence-corrected chi connectivity index (χ1v) is 15.2. The van der Waals surface area contributed by atoms with Crippen molar-refractivity contribution in [3.05, 3.63) is 127 Å². The van der Waals surface area contributed by atoms with Crippen molar-refractivity contribution in [2.45, 2.75) is 26.2 Å². The number of aromatic nitrogens is 3. The molecule has 0 saturated heterocycles. The van der Waals surface area contributed by atoms with Crippen LogP contribution in [0.1, 0.15) is 31.9 Å². The van der Waals surface area contributed by atoms with Crippen LogP contribution in [0.3, 0.4) is 0 Å². The quantitative estimate of drug-likeness (QED) is 0.199. The maximum Gasteiger partial charge on any atom is 0.183 e. The highest BCUT2D eigenvalue weighted by molar-refractivity contribution is 6.12. The monoisotopic (exact) mass is 567 g/mol. The molecule has 4 nitrogen and oxygen atoms in total. The molecule has 0 aliphatic heterocycles. The van der Waals surface area contributed by atoms with Gasteiger partial charge in [-0.1, -0.05) is 106 Å². The summed E-state index contributed by atoms with van der Waals surface area (Å²) in [7, 11) is 0. The van der Waals surface area contributed by atoms with Crippen LogP contribution in [-0.2, 0) is 5.41 Å². The molecule has 3 aromatic heterocycles. The third-order valence-corrected chi connectivity index (χ3v) is 9.87. The van der Waals surface area contributed by atoms with Crippen LogP contribution in [0.2, 0.25) is 0 Å². The third-order valence-electron chi connectivity index (χ3n) is 9.87. The molecule has 8 aromatic rings. The van der Waals surface area contributed by atoms with Gasteiger partial charge < -0.3 is 4.42 Å². The molecule has 210 valence electrons. The highest BCUT2D eigenvalue weighted by Crippen LogP contribution is 2.54. The van der Waals surface area contributed by atoms with Crippen molar-refractivity contribution < 1.29 is 4.42 Å². The number of nitrogens with zero attached hydrogens (tertiary/aromatic N) is 3. The molecule has 0 N–H and O–H groups in total. The van der Waals surface area contributed by atoms with Crippen molar-refractivity contribution >= 4 is 43.6 Å². The van der Waals surface area contributed by atoms with Crippen LogP contribution in [0, 0.1) is 5.92 Å². The minimum atomic E-state index is -0.0906. The molecular formula is C40H29N3O. The number of fused-ring (bicyclic) bond motifs is 9. The van der Waals surface area contributed by atoms with E-state index >= 15 is 0 Å². The summed E-state index contributed by atoms with van der Waals surface area (Å²) in [5.41, 5.74) is 10.2. The lowest BCUT2D eigenvalue weighted by molar-refractivity contribution is 0.414. The van der Waals surface area contributed by atoms with Crippen LogP contribution >= 0.6 is 0 Å². The molecule has 0 spiro atoms. The highest BCUT2D eigenvalue weighted by atomic mass is 16.3. The van der Waals surface area contributed by atoms with Crippen molar-refractivity contribution in [1.29, 1.82) is 0 Å². The van der Waals surface area contributed by atoms with Crippen molar-refractivity contribution in [1.82, 2.24) is 15.0 Å². The van der Waals surface area contributed by atoms with Gasteiger partial charge in [0.25, 0.3) is 0 Å². The Kier molecular flexibility index (Phi) is 5.19. The normalized spacial score (nSPS) is 15.9. The van der Waals surface area contributed by atoms with Gasteiger partial charge in [0.1, 0.15) is 5.58 Å². The summed E-state index contributed by atoms with van der Waals surface area (Å²) in [6.07, 6.45) is 1.86. The highest BCUT2D eigenvalue weighted by Gasteiger charge is 2.42. The topological polar surface area (TPSA) is 51.8 Å². The van der Waals surface area contributed by atoms with Gasteiger partial charge in [0, 0.05) is 38.7 Å². The third kappa shape index (κ3) is 3.37. The average Bonchev–Trinajstić information content (AvgIpc) is 3.56. The molecule has 0 fully saturated rings. The van der Waals surface area contributed by atoms with Gasteiger partial charge in [-0.15, -0.1) is 0 Å². The van der Waals surface area contributed by atoms with E-state index in [2.05, 4.69) is 112 Å². The number of hydrogen-bond acceptors (Lipinski definition) is 4. The number of rotatable bonds is 3. The Bertz CT molecular complexity index is 2440. The number of pyridine rings is 1. The van der Waals surface area contributed by atoms with Gasteiger partial charge in [-0.25, -0.2) is 15.0 Å². The molecular weight excluding hydrogens is 538 g/mol. The maximum absolute atomic E-state index is 6.71. The summed E-state index contributed by atoms with van der Waals surface area (Å²) >= 11 is 0. The molecule has 1 aliphatic rings. The van der Waals surface area contributed by atoms with Crippen molar-refractivity contribution in [2.75, 3.05) is 0 Å². The predicted molar refractivity (Wildman–Crippen MR) is 180 cm³/mol. The van der Waals surface area contributed by atoms with Crippen LogP contribution in [-0.4, -0.2) is 15.0 Å². The first kappa shape index (κ1) is 25.2. The van der Waals surface area contributed by atoms with E-state index in [0.29, 0.717) is 23.0 Å². The maximum atomic E-state index is 6.71. The van der Waals surface area contributed by atoms with Crippen LogP contribution in [0.4, 0.5) is 0 Å². The second-order valence-corrected chi connectivity index (χ2v) is 12.4. The smallest absolute Gasteiger partial charge is 0.183 e. The minimum absolute atomic E-state index is 0.0906. The van der Waals surface area contributed by atoms with E-state index in [1.165, 1.54) is 22.3 Å². The minimum Gasteiger partial charge on any atom is -0.454 e. The Labute approximate surface area is 255 Å². The lowest BCUT2D eigenvalue weighted by Crippen LogP contribution is -2.27. The molecule has 9 rings (SSSR count). The fourth-order valence-electron chi connectivity index (χ4n) is 7.28. The van der Waals surface area contributed by atoms with Crippen LogP contribution in [0.25, 0.3) is 77.5 Å². The van der Waals surface area contributed by atoms with Gasteiger partial charge in [0.2, 0.25) is 0 Å². The number of benzene rings is 5. The summed E-state index contributed by atoms with van der Waals surface area (Å²) in [6, 6.07) is 38.4. The van der Waals surface area contributed by atoms with Gasteiger partial charge in [0.15, 0.2) is 17.1 Å². The molecule has 0 radical (unpaired) electrons. The second kappa shape index (κ2) is 9.08. The van der Waals surface area contributed by atoms with Gasteiger partial charge in [-0.2, -0.15) is 0 Å². The zero-order chi connectivity index (χ0) is 29.6. The van der Waals surface area contributed by atoms with Crippen LogP contribution in [0.15, 0.2) is 120 Å². The van der Waals surface area contributed by atoms with E-state index in [0.717, 1.165) is 49.3 Å². The van der Waals surface area contributed by atoms with E-state index < -0.39 is 0 Å². The fraction of sp³-hybridized carbons (Fsp3) is 0.125. The molecule has 44 heavy (non-hydrogen) atoms. The zero-order valence-electron chi connectivity index (χ0n) is 24.8. The summed E-state index contributed by atoms with van der Waals surface area (Å²) in [6.45, 7) is 7.01. The molecule has 4 heteroatoms. The first-order chi connectivity index (χ1) is 21.5. The Morgan fingerprint density at radius 3 is 2.30 bits per heavy atom. The molecule has 1 aliphatic carbocycles. The van der Waals surface area contributed by atoms with E-state index in [9.17, 15) is 0 Å². The van der Waals surface area contributed by atoms with Gasteiger partial charge in [0.05, 0.1) is 11.2 Å². The Hall–Kier alpha value is -5.35. The summed E-state index contributed by atoms with van der Waals surface area (Å²) in [5, 5.41) is 5.36. The SMILES string of the molecule is CC(C)C1(C)c2ccccc2-c2cc3oc4c(-c5nc(-c6ccccc6)c6ccc7ccccc7c6n5)nccc4c3cc21. The van der Waals surface area contributed by atoms with Gasteiger partial charge in [-0.05, 0) is 57.8 Å². The van der Waals surface area contributed by atoms with Crippen LogP contribution < -0.4 is 0 Å². The fourth-order valence-corrected chi connectivity index (χ4v) is 7.28. The lowest BCUT2D eigenvalue weighted by atomic mass is 9.71. The van der Waals surface area contributed by atoms with E-state index in [-0.39, 0.29) is 5.41 Å². The molecule has 0 bridgehead atoms. The molecule has 0 saturated carbocycles. The van der Waals surface area contributed by atoms with Gasteiger partial charge in [-0.3, -0.25) is 0 Å². The number of furan rings is 1. The van der Waals surface area contributed by atoms with Crippen molar-refractivity contribution in [2.24, 2.45) is 5.92 Å². The predicted octanol–water partition coefficient (Wildman–Crippen LogP) is 10.4. The zero-order valence-corrected chi connectivity index (χ0v) is 24.8. The summed E-state index contributed by atoms with van der Waals surface area (Å²) in [4.78, 5) is 15.2. The van der Waals surface area contributed by atoms with Crippen LogP contribution in [0.5, 0.6) is 0 Å². The van der Waals surface area contributed by atoms with E-state index in [1.807, 2.05) is 24.4 Å². The molecule has 5 aromatic carbocycles. The number of hydrogen-bond donors (Lipinski definition) is 0. The Morgan fingerprint density at radius 2 is 1.43 bits per heavy atom. The molecule has 3 heterocycles. The van der Waals surface area contributed by atoms with Crippen molar-refractivity contribution in [3.63, 3.8) is 0 Å². The largest absolute Gasteiger partial charge is 0.454 e. The Morgan fingerprint density at radius 1 is 0.636 bits per heavy atom. The van der Waals surface area contributed by atoms with Crippen molar-refractivity contribution in [3.8, 4) is 33.9 Å². The summed E-state index contributed by atoms with van der Waals surface area (Å²) < 4.78 is 6.71. The first-order valence-electron chi connectivity index (χ1n) is 15.2. The molecule has 1 atom stereocenters. The average molecular weight is 568 g/mol. The van der Waals surface area contributed by atoms with Gasteiger partial charge >= 0.3 is 0 Å². The summed E-state index contributed by atoms with van der Waals surface area (Å²) in [5.74, 6) is 0.984. The molecule has 1 unspecified atom stereocenters. The second-order valence-electron chi connectivity index (χ2n) is 12.4. The Balaban J connectivity index is 1.33. The standard InChI is InChI=1S/C40H29N3O/c1-23(2)40(3)32-16-10-9-15-27(32)30-22-34-31(21-33(30)40)28-19-20-41-37(38(28)44-34)39-42-35(25-12-5-4-6-13-25)29-18-17-24-11-7-8-14-26(24)36(29)43-39/h4-23H,1-3H3. The molecule has 0 amide bonds. The van der Waals surface area contributed by atoms with E-state index in [4.69, 9.17) is 19.4 Å². The lowest BCUT2D eigenvalue weighted by Gasteiger charge is -2.32.